The highest BCUT2D eigenvalue weighted by molar-refractivity contribution is 9.10. The Morgan fingerprint density at radius 3 is 2.40 bits per heavy atom. The second-order valence-electron chi connectivity index (χ2n) is 5.09. The lowest BCUT2D eigenvalue weighted by Gasteiger charge is -2.20. The van der Waals surface area contributed by atoms with E-state index in [1.807, 2.05) is 6.07 Å². The van der Waals surface area contributed by atoms with Crippen molar-refractivity contribution < 1.29 is 4.74 Å². The molecular weight excluding hydrogens is 314 g/mol. The Bertz CT molecular complexity index is 610. The Balaban J connectivity index is 2.30. The topological polar surface area (TPSA) is 21.3 Å². The van der Waals surface area contributed by atoms with Gasteiger partial charge in [0.25, 0.3) is 0 Å². The Hall–Kier alpha value is -1.48. The SMILES string of the molecule is COc1ccc(C)cc1C(C)Nc1cc(C)ccc1Br. The molecule has 1 unspecified atom stereocenters. The molecule has 0 heterocycles. The molecule has 0 aliphatic heterocycles. The van der Waals surface area contributed by atoms with Crippen LogP contribution in [0.1, 0.15) is 29.7 Å². The summed E-state index contributed by atoms with van der Waals surface area (Å²) in [7, 11) is 1.71. The van der Waals surface area contributed by atoms with E-state index >= 15 is 0 Å². The standard InChI is InChI=1S/C17H20BrNO/c1-11-6-8-17(20-4)14(9-11)13(3)19-16-10-12(2)5-7-15(16)18/h5-10,13,19H,1-4H3. The number of aryl methyl sites for hydroxylation is 2. The highest BCUT2D eigenvalue weighted by Crippen LogP contribution is 2.31. The highest BCUT2D eigenvalue weighted by atomic mass is 79.9. The van der Waals surface area contributed by atoms with Crippen LogP contribution in [-0.2, 0) is 0 Å². The van der Waals surface area contributed by atoms with Gasteiger partial charge in [0.05, 0.1) is 13.2 Å². The summed E-state index contributed by atoms with van der Waals surface area (Å²) in [5.41, 5.74) is 4.74. The van der Waals surface area contributed by atoms with Gasteiger partial charge in [-0.2, -0.15) is 0 Å². The van der Waals surface area contributed by atoms with E-state index in [0.29, 0.717) is 0 Å². The number of halogens is 1. The molecule has 1 N–H and O–H groups in total. The Labute approximate surface area is 129 Å². The number of anilines is 1. The quantitative estimate of drug-likeness (QED) is 0.825. The van der Waals surface area contributed by atoms with E-state index in [2.05, 4.69) is 72.3 Å². The summed E-state index contributed by atoms with van der Waals surface area (Å²) in [4.78, 5) is 0. The number of nitrogens with one attached hydrogen (secondary N) is 1. The van der Waals surface area contributed by atoms with Gasteiger partial charge in [-0.15, -0.1) is 0 Å². The predicted molar refractivity (Wildman–Crippen MR) is 88.6 cm³/mol. The molecule has 0 spiro atoms. The normalized spacial score (nSPS) is 12.1. The Morgan fingerprint density at radius 1 is 1.05 bits per heavy atom. The van der Waals surface area contributed by atoms with Crippen LogP contribution in [0.3, 0.4) is 0 Å². The Morgan fingerprint density at radius 2 is 1.70 bits per heavy atom. The van der Waals surface area contributed by atoms with E-state index in [4.69, 9.17) is 4.74 Å². The van der Waals surface area contributed by atoms with E-state index in [1.54, 1.807) is 7.11 Å². The molecule has 20 heavy (non-hydrogen) atoms. The van der Waals surface area contributed by atoms with E-state index in [9.17, 15) is 0 Å². The first-order chi connectivity index (χ1) is 9.51. The summed E-state index contributed by atoms with van der Waals surface area (Å²) in [6, 6.07) is 12.7. The van der Waals surface area contributed by atoms with Crippen molar-refractivity contribution in [3.05, 3.63) is 57.6 Å². The number of hydrogen-bond acceptors (Lipinski definition) is 2. The molecule has 0 amide bonds. The van der Waals surface area contributed by atoms with Crippen LogP contribution in [0.5, 0.6) is 5.75 Å². The average molecular weight is 334 g/mol. The fourth-order valence-corrected chi connectivity index (χ4v) is 2.61. The summed E-state index contributed by atoms with van der Waals surface area (Å²) < 4.78 is 6.53. The first kappa shape index (κ1) is 14.9. The lowest BCUT2D eigenvalue weighted by molar-refractivity contribution is 0.408. The van der Waals surface area contributed by atoms with Crippen LogP contribution in [-0.4, -0.2) is 7.11 Å². The molecule has 0 aromatic heterocycles. The molecular formula is C17H20BrNO. The maximum absolute atomic E-state index is 5.46. The van der Waals surface area contributed by atoms with Gasteiger partial charge < -0.3 is 10.1 Å². The highest BCUT2D eigenvalue weighted by Gasteiger charge is 2.13. The van der Waals surface area contributed by atoms with Crippen molar-refractivity contribution in [2.45, 2.75) is 26.8 Å². The molecule has 0 radical (unpaired) electrons. The number of methoxy groups -OCH3 is 1. The van der Waals surface area contributed by atoms with Crippen LogP contribution < -0.4 is 10.1 Å². The van der Waals surface area contributed by atoms with Crippen molar-refractivity contribution in [2.75, 3.05) is 12.4 Å². The summed E-state index contributed by atoms with van der Waals surface area (Å²) in [5, 5.41) is 3.54. The summed E-state index contributed by atoms with van der Waals surface area (Å²) >= 11 is 3.59. The van der Waals surface area contributed by atoms with Gasteiger partial charge in [0.2, 0.25) is 0 Å². The van der Waals surface area contributed by atoms with Crippen molar-refractivity contribution in [1.82, 2.24) is 0 Å². The molecule has 0 bridgehead atoms. The molecule has 2 aromatic carbocycles. The second-order valence-corrected chi connectivity index (χ2v) is 5.95. The van der Waals surface area contributed by atoms with Gasteiger partial charge in [0, 0.05) is 15.7 Å². The minimum absolute atomic E-state index is 0.169. The lowest BCUT2D eigenvalue weighted by atomic mass is 10.0. The van der Waals surface area contributed by atoms with Crippen LogP contribution in [0.4, 0.5) is 5.69 Å². The molecule has 0 aliphatic carbocycles. The molecule has 0 aliphatic rings. The minimum Gasteiger partial charge on any atom is -0.496 e. The summed E-state index contributed by atoms with van der Waals surface area (Å²) in [6.07, 6.45) is 0. The smallest absolute Gasteiger partial charge is 0.124 e. The minimum atomic E-state index is 0.169. The summed E-state index contributed by atoms with van der Waals surface area (Å²) in [5.74, 6) is 0.916. The lowest BCUT2D eigenvalue weighted by Crippen LogP contribution is -2.09. The van der Waals surface area contributed by atoms with Crippen molar-refractivity contribution in [3.63, 3.8) is 0 Å². The zero-order valence-electron chi connectivity index (χ0n) is 12.3. The zero-order chi connectivity index (χ0) is 14.7. The first-order valence-electron chi connectivity index (χ1n) is 6.68. The molecule has 0 saturated carbocycles. The van der Waals surface area contributed by atoms with Crippen molar-refractivity contribution in [2.24, 2.45) is 0 Å². The first-order valence-corrected chi connectivity index (χ1v) is 7.48. The Kier molecular flexibility index (Phi) is 4.71. The third-order valence-electron chi connectivity index (χ3n) is 3.35. The second kappa shape index (κ2) is 6.31. The van der Waals surface area contributed by atoms with Crippen LogP contribution in [0.25, 0.3) is 0 Å². The van der Waals surface area contributed by atoms with Crippen LogP contribution >= 0.6 is 15.9 Å². The largest absolute Gasteiger partial charge is 0.496 e. The fourth-order valence-electron chi connectivity index (χ4n) is 2.25. The van der Waals surface area contributed by atoms with Crippen LogP contribution in [0.2, 0.25) is 0 Å². The monoisotopic (exact) mass is 333 g/mol. The van der Waals surface area contributed by atoms with E-state index in [1.165, 1.54) is 16.7 Å². The molecule has 1 atom stereocenters. The molecule has 2 aromatic rings. The maximum atomic E-state index is 5.46. The number of hydrogen-bond donors (Lipinski definition) is 1. The van der Waals surface area contributed by atoms with Gasteiger partial charge in [-0.1, -0.05) is 23.8 Å². The average Bonchev–Trinajstić information content (AvgIpc) is 2.42. The number of rotatable bonds is 4. The fraction of sp³-hybridized carbons (Fsp3) is 0.294. The van der Waals surface area contributed by atoms with Crippen LogP contribution in [0.15, 0.2) is 40.9 Å². The van der Waals surface area contributed by atoms with E-state index in [0.717, 1.165) is 15.9 Å². The van der Waals surface area contributed by atoms with Gasteiger partial charge in [0.1, 0.15) is 5.75 Å². The van der Waals surface area contributed by atoms with Gasteiger partial charge in [-0.05, 0) is 60.5 Å². The molecule has 0 fully saturated rings. The third-order valence-corrected chi connectivity index (χ3v) is 4.04. The predicted octanol–water partition coefficient (Wildman–Crippen LogP) is 5.25. The number of ether oxygens (including phenoxy) is 1. The van der Waals surface area contributed by atoms with E-state index in [-0.39, 0.29) is 6.04 Å². The van der Waals surface area contributed by atoms with Crippen molar-refractivity contribution in [1.29, 1.82) is 0 Å². The third kappa shape index (κ3) is 3.34. The van der Waals surface area contributed by atoms with Crippen molar-refractivity contribution >= 4 is 21.6 Å². The summed E-state index contributed by atoms with van der Waals surface area (Å²) in [6.45, 7) is 6.33. The molecule has 2 rings (SSSR count). The maximum Gasteiger partial charge on any atom is 0.124 e. The zero-order valence-corrected chi connectivity index (χ0v) is 13.9. The molecule has 3 heteroatoms. The molecule has 106 valence electrons. The van der Waals surface area contributed by atoms with Crippen molar-refractivity contribution in [3.8, 4) is 5.75 Å². The van der Waals surface area contributed by atoms with Gasteiger partial charge in [-0.3, -0.25) is 0 Å². The molecule has 0 saturated heterocycles. The van der Waals surface area contributed by atoms with Gasteiger partial charge in [0.15, 0.2) is 0 Å². The van der Waals surface area contributed by atoms with Gasteiger partial charge in [-0.25, -0.2) is 0 Å². The van der Waals surface area contributed by atoms with E-state index < -0.39 is 0 Å². The molecule has 2 nitrogen and oxygen atoms in total. The number of benzene rings is 2. The van der Waals surface area contributed by atoms with Crippen LogP contribution in [0, 0.1) is 13.8 Å². The van der Waals surface area contributed by atoms with Gasteiger partial charge >= 0.3 is 0 Å².